The Hall–Kier alpha value is -0.130. The van der Waals surface area contributed by atoms with Crippen molar-refractivity contribution < 1.29 is 8.42 Å². The van der Waals surface area contributed by atoms with Crippen molar-refractivity contribution in [3.63, 3.8) is 0 Å². The van der Waals surface area contributed by atoms with Crippen molar-refractivity contribution in [2.24, 2.45) is 0 Å². The van der Waals surface area contributed by atoms with Crippen LogP contribution in [0.4, 0.5) is 0 Å². The molecule has 4 nitrogen and oxygen atoms in total. The molecule has 0 atom stereocenters. The third-order valence-electron chi connectivity index (χ3n) is 1.77. The molecule has 0 unspecified atom stereocenters. The second kappa shape index (κ2) is 7.20. The van der Waals surface area contributed by atoms with Crippen LogP contribution in [0.25, 0.3) is 0 Å². The number of rotatable bonds is 8. The van der Waals surface area contributed by atoms with E-state index in [1.54, 1.807) is 0 Å². The summed E-state index contributed by atoms with van der Waals surface area (Å²) < 4.78 is 25.1. The van der Waals surface area contributed by atoms with Gasteiger partial charge in [0.2, 0.25) is 10.0 Å². The highest BCUT2D eigenvalue weighted by atomic mass is 32.2. The van der Waals surface area contributed by atoms with Crippen LogP contribution in [0.3, 0.4) is 0 Å². The molecule has 0 spiro atoms. The third kappa shape index (κ3) is 8.47. The first-order chi connectivity index (χ1) is 6.48. The van der Waals surface area contributed by atoms with Crippen molar-refractivity contribution >= 4 is 10.0 Å². The predicted octanol–water partition coefficient (Wildman–Crippen LogP) is 0.704. The molecular weight excluding hydrogens is 200 g/mol. The highest BCUT2D eigenvalue weighted by Gasteiger charge is 2.07. The maximum absolute atomic E-state index is 11.3. The molecule has 0 aliphatic heterocycles. The second-order valence-corrected chi connectivity index (χ2v) is 5.60. The van der Waals surface area contributed by atoms with E-state index in [0.29, 0.717) is 19.1 Å². The van der Waals surface area contributed by atoms with E-state index in [1.165, 1.54) is 0 Å². The summed E-state index contributed by atoms with van der Waals surface area (Å²) in [5.74, 6) is 0.241. The highest BCUT2D eigenvalue weighted by molar-refractivity contribution is 7.89. The largest absolute Gasteiger partial charge is 0.313 e. The highest BCUT2D eigenvalue weighted by Crippen LogP contribution is 1.92. The molecule has 5 heteroatoms. The third-order valence-corrected chi connectivity index (χ3v) is 3.24. The monoisotopic (exact) mass is 222 g/mol. The lowest BCUT2D eigenvalue weighted by Gasteiger charge is -2.09. The zero-order valence-corrected chi connectivity index (χ0v) is 10.2. The van der Waals surface area contributed by atoms with Crippen molar-refractivity contribution in [1.29, 1.82) is 0 Å². The molecule has 0 fully saturated rings. The Morgan fingerprint density at radius 3 is 2.36 bits per heavy atom. The molecule has 0 aromatic carbocycles. The van der Waals surface area contributed by atoms with E-state index < -0.39 is 10.0 Å². The average Bonchev–Trinajstić information content (AvgIpc) is 2.09. The number of hydrogen-bond acceptors (Lipinski definition) is 3. The maximum atomic E-state index is 11.3. The Morgan fingerprint density at radius 1 is 1.21 bits per heavy atom. The first kappa shape index (κ1) is 13.9. The van der Waals surface area contributed by atoms with Crippen LogP contribution < -0.4 is 10.0 Å². The Balaban J connectivity index is 3.56. The van der Waals surface area contributed by atoms with Crippen molar-refractivity contribution in [2.75, 3.05) is 18.8 Å². The van der Waals surface area contributed by atoms with Crippen LogP contribution in [0.5, 0.6) is 0 Å². The quantitative estimate of drug-likeness (QED) is 0.595. The van der Waals surface area contributed by atoms with Gasteiger partial charge in [-0.3, -0.25) is 0 Å². The lowest BCUT2D eigenvalue weighted by Crippen LogP contribution is -2.35. The summed E-state index contributed by atoms with van der Waals surface area (Å²) >= 11 is 0. The van der Waals surface area contributed by atoms with Gasteiger partial charge in [0, 0.05) is 19.1 Å². The van der Waals surface area contributed by atoms with E-state index >= 15 is 0 Å². The zero-order valence-electron chi connectivity index (χ0n) is 9.34. The van der Waals surface area contributed by atoms with Crippen molar-refractivity contribution in [1.82, 2.24) is 10.0 Å². The normalized spacial score (nSPS) is 12.3. The minimum Gasteiger partial charge on any atom is -0.313 e. The van der Waals surface area contributed by atoms with Gasteiger partial charge in [-0.1, -0.05) is 27.2 Å². The maximum Gasteiger partial charge on any atom is 0.211 e. The lowest BCUT2D eigenvalue weighted by molar-refractivity contribution is 0.558. The van der Waals surface area contributed by atoms with Gasteiger partial charge in [-0.05, 0) is 6.42 Å². The molecule has 0 aliphatic carbocycles. The van der Waals surface area contributed by atoms with E-state index in [9.17, 15) is 8.42 Å². The summed E-state index contributed by atoms with van der Waals surface area (Å²) in [5.41, 5.74) is 0. The van der Waals surface area contributed by atoms with Crippen molar-refractivity contribution in [3.8, 4) is 0 Å². The molecule has 0 amide bonds. The van der Waals surface area contributed by atoms with Crippen LogP contribution in [0.2, 0.25) is 0 Å². The number of unbranched alkanes of at least 4 members (excludes halogenated alkanes) is 1. The topological polar surface area (TPSA) is 58.2 Å². The summed E-state index contributed by atoms with van der Waals surface area (Å²) in [6, 6.07) is 0.398. The molecule has 0 heterocycles. The van der Waals surface area contributed by atoms with Gasteiger partial charge in [-0.15, -0.1) is 0 Å². The van der Waals surface area contributed by atoms with Gasteiger partial charge < -0.3 is 5.32 Å². The molecule has 0 rings (SSSR count). The van der Waals surface area contributed by atoms with Crippen molar-refractivity contribution in [2.45, 2.75) is 39.7 Å². The number of hydrogen-bond donors (Lipinski definition) is 2. The fourth-order valence-electron chi connectivity index (χ4n) is 0.974. The van der Waals surface area contributed by atoms with E-state index in [0.717, 1.165) is 12.8 Å². The fraction of sp³-hybridized carbons (Fsp3) is 1.00. The minimum atomic E-state index is -3.03. The number of sulfonamides is 1. The van der Waals surface area contributed by atoms with Gasteiger partial charge in [-0.25, -0.2) is 13.1 Å². The molecule has 2 N–H and O–H groups in total. The fourth-order valence-corrected chi connectivity index (χ4v) is 2.20. The van der Waals surface area contributed by atoms with E-state index in [-0.39, 0.29) is 5.75 Å². The Bertz CT molecular complexity index is 225. The molecule has 86 valence electrons. The van der Waals surface area contributed by atoms with Gasteiger partial charge >= 0.3 is 0 Å². The summed E-state index contributed by atoms with van der Waals surface area (Å²) in [6.45, 7) is 7.21. The first-order valence-electron chi connectivity index (χ1n) is 5.18. The predicted molar refractivity (Wildman–Crippen MR) is 59.8 cm³/mol. The second-order valence-electron chi connectivity index (χ2n) is 3.68. The Morgan fingerprint density at radius 2 is 1.86 bits per heavy atom. The summed E-state index contributed by atoms with van der Waals surface area (Å²) in [7, 11) is -3.03. The minimum absolute atomic E-state index is 0.241. The molecule has 0 aromatic rings. The van der Waals surface area contributed by atoms with E-state index in [1.807, 2.05) is 20.8 Å². The Labute approximate surface area is 87.5 Å². The van der Waals surface area contributed by atoms with Crippen LogP contribution in [-0.4, -0.2) is 33.3 Å². The van der Waals surface area contributed by atoms with Gasteiger partial charge in [0.15, 0.2) is 0 Å². The lowest BCUT2D eigenvalue weighted by atomic mass is 10.4. The van der Waals surface area contributed by atoms with E-state index in [4.69, 9.17) is 0 Å². The molecule has 0 aromatic heterocycles. The average molecular weight is 222 g/mol. The summed E-state index contributed by atoms with van der Waals surface area (Å²) in [4.78, 5) is 0. The standard InChI is InChI=1S/C9H22N2O2S/c1-4-5-8-14(12,13)11-7-6-10-9(2)3/h9-11H,4-8H2,1-3H3. The van der Waals surface area contributed by atoms with Crippen LogP contribution in [0, 0.1) is 0 Å². The van der Waals surface area contributed by atoms with Crippen LogP contribution in [0.1, 0.15) is 33.6 Å². The Kier molecular flexibility index (Phi) is 7.13. The number of nitrogens with one attached hydrogen (secondary N) is 2. The van der Waals surface area contributed by atoms with Gasteiger partial charge in [0.1, 0.15) is 0 Å². The molecule has 0 bridgehead atoms. The molecule has 0 saturated heterocycles. The zero-order chi connectivity index (χ0) is 11.0. The van der Waals surface area contributed by atoms with Crippen LogP contribution >= 0.6 is 0 Å². The SMILES string of the molecule is CCCCS(=O)(=O)NCCNC(C)C. The summed E-state index contributed by atoms with van der Waals surface area (Å²) in [5, 5.41) is 3.15. The smallest absolute Gasteiger partial charge is 0.211 e. The molecule has 0 radical (unpaired) electrons. The molecular formula is C9H22N2O2S. The van der Waals surface area contributed by atoms with Crippen LogP contribution in [-0.2, 0) is 10.0 Å². The first-order valence-corrected chi connectivity index (χ1v) is 6.84. The van der Waals surface area contributed by atoms with Gasteiger partial charge in [0.05, 0.1) is 5.75 Å². The van der Waals surface area contributed by atoms with Gasteiger partial charge in [-0.2, -0.15) is 0 Å². The van der Waals surface area contributed by atoms with Crippen molar-refractivity contribution in [3.05, 3.63) is 0 Å². The molecule has 0 saturated carbocycles. The molecule has 0 aliphatic rings. The molecule has 14 heavy (non-hydrogen) atoms. The summed E-state index contributed by atoms with van der Waals surface area (Å²) in [6.07, 6.45) is 1.64. The van der Waals surface area contributed by atoms with E-state index in [2.05, 4.69) is 10.0 Å². The van der Waals surface area contributed by atoms with Gasteiger partial charge in [0.25, 0.3) is 0 Å². The van der Waals surface area contributed by atoms with Crippen LogP contribution in [0.15, 0.2) is 0 Å².